The molecular weight excluding hydrogens is 316 g/mol. The first-order valence-corrected chi connectivity index (χ1v) is 8.71. The number of pyridine rings is 1. The third-order valence-corrected chi connectivity index (χ3v) is 4.29. The number of rotatable bonds is 4. The summed E-state index contributed by atoms with van der Waals surface area (Å²) in [5.41, 5.74) is 1.78. The fourth-order valence-corrected chi connectivity index (χ4v) is 2.95. The van der Waals surface area contributed by atoms with E-state index in [1.807, 2.05) is 28.9 Å². The molecule has 0 spiro atoms. The van der Waals surface area contributed by atoms with Gasteiger partial charge in [-0.25, -0.2) is 14.6 Å². The number of benzene rings is 1. The van der Waals surface area contributed by atoms with Gasteiger partial charge in [-0.2, -0.15) is 5.10 Å². The topological polar surface area (TPSA) is 62.1 Å². The summed E-state index contributed by atoms with van der Waals surface area (Å²) in [5, 5.41) is 5.81. The molecule has 1 aromatic carbocycles. The van der Waals surface area contributed by atoms with E-state index >= 15 is 0 Å². The fourth-order valence-electron chi connectivity index (χ4n) is 2.95. The maximum atomic E-state index is 5.78. The molecule has 3 heterocycles. The average molecular weight is 338 g/mol. The first-order chi connectivity index (χ1) is 12.2. The number of para-hydroxylation sites is 1. The second kappa shape index (κ2) is 6.90. The Morgan fingerprint density at radius 1 is 1.12 bits per heavy atom. The lowest BCUT2D eigenvalue weighted by Crippen LogP contribution is -2.32. The number of aromatic nitrogens is 4. The monoisotopic (exact) mass is 338 g/mol. The van der Waals surface area contributed by atoms with E-state index in [2.05, 4.69) is 26.0 Å². The molecule has 4 rings (SSSR count). The molecule has 1 aliphatic rings. The fraction of sp³-hybridized carbons (Fsp3) is 0.421. The zero-order valence-corrected chi connectivity index (χ0v) is 14.6. The van der Waals surface area contributed by atoms with Crippen LogP contribution in [0.15, 0.2) is 36.4 Å². The average Bonchev–Trinajstić information content (AvgIpc) is 3.06. The Bertz CT molecular complexity index is 869. The summed E-state index contributed by atoms with van der Waals surface area (Å²) < 4.78 is 13.2. The molecule has 0 bridgehead atoms. The predicted octanol–water partition coefficient (Wildman–Crippen LogP) is 3.03. The maximum absolute atomic E-state index is 5.78. The molecule has 1 fully saturated rings. The minimum absolute atomic E-state index is 0.00494. The lowest BCUT2D eigenvalue weighted by molar-refractivity contribution is -0.0945. The lowest BCUT2D eigenvalue weighted by atomic mass is 10.2. The highest BCUT2D eigenvalue weighted by Crippen LogP contribution is 2.22. The summed E-state index contributed by atoms with van der Waals surface area (Å²) >= 11 is 0. The van der Waals surface area contributed by atoms with Crippen LogP contribution in [-0.4, -0.2) is 45.7 Å². The third-order valence-electron chi connectivity index (χ3n) is 4.29. The van der Waals surface area contributed by atoms with Crippen molar-refractivity contribution >= 4 is 10.9 Å². The quantitative estimate of drug-likeness (QED) is 0.732. The molecule has 1 aliphatic heterocycles. The highest BCUT2D eigenvalue weighted by atomic mass is 16.6. The van der Waals surface area contributed by atoms with Gasteiger partial charge in [-0.1, -0.05) is 38.1 Å². The van der Waals surface area contributed by atoms with E-state index in [4.69, 9.17) is 24.5 Å². The van der Waals surface area contributed by atoms with Crippen molar-refractivity contribution in [3.63, 3.8) is 0 Å². The molecule has 130 valence electrons. The molecule has 2 aromatic heterocycles. The second-order valence-electron chi connectivity index (χ2n) is 6.59. The summed E-state index contributed by atoms with van der Waals surface area (Å²) in [7, 11) is 0. The van der Waals surface area contributed by atoms with E-state index in [1.165, 1.54) is 0 Å². The van der Waals surface area contributed by atoms with Crippen LogP contribution < -0.4 is 0 Å². The molecular formula is C19H22N4O2. The van der Waals surface area contributed by atoms with Crippen LogP contribution in [0, 0.1) is 0 Å². The molecule has 0 aliphatic carbocycles. The van der Waals surface area contributed by atoms with Crippen molar-refractivity contribution in [2.24, 2.45) is 0 Å². The van der Waals surface area contributed by atoms with Gasteiger partial charge in [0.15, 0.2) is 11.6 Å². The highest BCUT2D eigenvalue weighted by molar-refractivity contribution is 5.80. The van der Waals surface area contributed by atoms with Crippen molar-refractivity contribution in [2.45, 2.75) is 32.4 Å². The van der Waals surface area contributed by atoms with Crippen molar-refractivity contribution in [1.29, 1.82) is 0 Å². The molecule has 0 unspecified atom stereocenters. The van der Waals surface area contributed by atoms with Crippen LogP contribution in [0.2, 0.25) is 0 Å². The number of nitrogens with zero attached hydrogens (tertiary/aromatic N) is 4. The van der Waals surface area contributed by atoms with Crippen LogP contribution in [-0.2, 0) is 16.0 Å². The van der Waals surface area contributed by atoms with Gasteiger partial charge < -0.3 is 9.47 Å². The van der Waals surface area contributed by atoms with E-state index in [9.17, 15) is 0 Å². The van der Waals surface area contributed by atoms with Crippen molar-refractivity contribution in [2.75, 3.05) is 19.8 Å². The van der Waals surface area contributed by atoms with Gasteiger partial charge in [0.1, 0.15) is 11.8 Å². The smallest absolute Gasteiger partial charge is 0.177 e. The summed E-state index contributed by atoms with van der Waals surface area (Å²) in [6, 6.07) is 12.2. The Balaban J connectivity index is 1.72. The van der Waals surface area contributed by atoms with Gasteiger partial charge in [0.05, 0.1) is 31.9 Å². The molecule has 6 nitrogen and oxygen atoms in total. The van der Waals surface area contributed by atoms with Crippen LogP contribution in [0.4, 0.5) is 0 Å². The zero-order chi connectivity index (χ0) is 17.2. The summed E-state index contributed by atoms with van der Waals surface area (Å²) in [5.74, 6) is 1.86. The molecule has 0 radical (unpaired) electrons. The van der Waals surface area contributed by atoms with Gasteiger partial charge in [0.25, 0.3) is 0 Å². The molecule has 3 aromatic rings. The minimum Gasteiger partial charge on any atom is -0.376 e. The molecule has 25 heavy (non-hydrogen) atoms. The number of hydrogen-bond donors (Lipinski definition) is 0. The third kappa shape index (κ3) is 3.41. The van der Waals surface area contributed by atoms with Gasteiger partial charge in [-0.15, -0.1) is 0 Å². The van der Waals surface area contributed by atoms with Gasteiger partial charge >= 0.3 is 0 Å². The Labute approximate surface area is 146 Å². The Morgan fingerprint density at radius 2 is 2.00 bits per heavy atom. The molecule has 1 saturated heterocycles. The van der Waals surface area contributed by atoms with Gasteiger partial charge in [-0.3, -0.25) is 0 Å². The second-order valence-corrected chi connectivity index (χ2v) is 6.59. The maximum Gasteiger partial charge on any atom is 0.177 e. The van der Waals surface area contributed by atoms with Gasteiger partial charge in [0.2, 0.25) is 0 Å². The van der Waals surface area contributed by atoms with Crippen molar-refractivity contribution < 1.29 is 9.47 Å². The van der Waals surface area contributed by atoms with Crippen LogP contribution >= 0.6 is 0 Å². The molecule has 0 saturated carbocycles. The van der Waals surface area contributed by atoms with Crippen LogP contribution in [0.1, 0.15) is 25.6 Å². The SMILES string of the molecule is CC(C)c1nc(-c2ccc3ccccc3n2)n(C[C@H]2COCCO2)n1. The van der Waals surface area contributed by atoms with Gasteiger partial charge in [-0.05, 0) is 12.1 Å². The van der Waals surface area contributed by atoms with E-state index in [-0.39, 0.29) is 12.0 Å². The van der Waals surface area contributed by atoms with Crippen LogP contribution in [0.5, 0.6) is 0 Å². The first-order valence-electron chi connectivity index (χ1n) is 8.71. The van der Waals surface area contributed by atoms with E-state index in [1.54, 1.807) is 0 Å². The van der Waals surface area contributed by atoms with Crippen molar-refractivity contribution in [1.82, 2.24) is 19.7 Å². The Kier molecular flexibility index (Phi) is 4.46. The van der Waals surface area contributed by atoms with Crippen molar-refractivity contribution in [3.8, 4) is 11.5 Å². The summed E-state index contributed by atoms with van der Waals surface area (Å²) in [6.45, 7) is 6.67. The van der Waals surface area contributed by atoms with Crippen LogP contribution in [0.25, 0.3) is 22.4 Å². The number of ether oxygens (including phenoxy) is 2. The Hall–Kier alpha value is -2.31. The van der Waals surface area contributed by atoms with E-state index in [0.717, 1.165) is 28.2 Å². The highest BCUT2D eigenvalue weighted by Gasteiger charge is 2.21. The number of fused-ring (bicyclic) bond motifs is 1. The first kappa shape index (κ1) is 16.2. The standard InChI is InChI=1S/C19H22N4O2/c1-13(2)18-21-19(23(22-18)11-15-12-24-9-10-25-15)17-8-7-14-5-3-4-6-16(14)20-17/h3-8,13,15H,9-12H2,1-2H3/t15-/m0/s1. The van der Waals surface area contributed by atoms with Gasteiger partial charge in [0, 0.05) is 11.3 Å². The molecule has 0 N–H and O–H groups in total. The molecule has 1 atom stereocenters. The number of hydrogen-bond acceptors (Lipinski definition) is 5. The molecule has 6 heteroatoms. The normalized spacial score (nSPS) is 18.1. The minimum atomic E-state index is -0.00494. The summed E-state index contributed by atoms with van der Waals surface area (Å²) in [4.78, 5) is 9.52. The largest absolute Gasteiger partial charge is 0.376 e. The predicted molar refractivity (Wildman–Crippen MR) is 95.4 cm³/mol. The van der Waals surface area contributed by atoms with E-state index in [0.29, 0.717) is 26.4 Å². The Morgan fingerprint density at radius 3 is 2.80 bits per heavy atom. The lowest BCUT2D eigenvalue weighted by Gasteiger charge is -2.23. The van der Waals surface area contributed by atoms with Crippen molar-refractivity contribution in [3.05, 3.63) is 42.2 Å². The molecule has 0 amide bonds. The zero-order valence-electron chi connectivity index (χ0n) is 14.6. The van der Waals surface area contributed by atoms with Crippen LogP contribution in [0.3, 0.4) is 0 Å². The van der Waals surface area contributed by atoms with E-state index < -0.39 is 0 Å². The summed E-state index contributed by atoms with van der Waals surface area (Å²) in [6.07, 6.45) is -0.00494.